The fourth-order valence-electron chi connectivity index (χ4n) is 1.99. The standard InChI is InChI=1S/C17H17FO4S/c1-21-16-8-5-14(17(11-16)22-2)9-10-23(19,20)12-13-3-6-15(18)7-4-13/h3-11H,12H2,1-2H3/b10-9-. The first-order chi connectivity index (χ1) is 10.9. The van der Waals surface area contributed by atoms with Crippen LogP contribution in [0.1, 0.15) is 11.1 Å². The van der Waals surface area contributed by atoms with E-state index in [9.17, 15) is 12.8 Å². The van der Waals surface area contributed by atoms with Crippen molar-refractivity contribution < 1.29 is 22.3 Å². The molecule has 0 N–H and O–H groups in total. The van der Waals surface area contributed by atoms with Gasteiger partial charge in [0.25, 0.3) is 0 Å². The van der Waals surface area contributed by atoms with E-state index in [2.05, 4.69) is 0 Å². The van der Waals surface area contributed by atoms with Crippen LogP contribution in [-0.4, -0.2) is 22.6 Å². The summed E-state index contributed by atoms with van der Waals surface area (Å²) in [6.07, 6.45) is 1.47. The summed E-state index contributed by atoms with van der Waals surface area (Å²) in [5.74, 6) is 0.540. The first kappa shape index (κ1) is 17.0. The van der Waals surface area contributed by atoms with Crippen molar-refractivity contribution in [3.63, 3.8) is 0 Å². The molecule has 0 aliphatic rings. The first-order valence-corrected chi connectivity index (χ1v) is 8.52. The van der Waals surface area contributed by atoms with Crippen LogP contribution in [0.5, 0.6) is 11.5 Å². The summed E-state index contributed by atoms with van der Waals surface area (Å²) >= 11 is 0. The monoisotopic (exact) mass is 336 g/mol. The number of hydrogen-bond acceptors (Lipinski definition) is 4. The number of sulfone groups is 1. The number of hydrogen-bond donors (Lipinski definition) is 0. The van der Waals surface area contributed by atoms with E-state index in [4.69, 9.17) is 9.47 Å². The highest BCUT2D eigenvalue weighted by Crippen LogP contribution is 2.26. The minimum absolute atomic E-state index is 0.192. The molecule has 2 aromatic carbocycles. The van der Waals surface area contributed by atoms with Crippen LogP contribution < -0.4 is 9.47 Å². The SMILES string of the molecule is COc1ccc(/C=C\S(=O)(=O)Cc2ccc(F)cc2)c(OC)c1. The highest BCUT2D eigenvalue weighted by Gasteiger charge is 2.09. The Labute approximate surface area is 135 Å². The minimum Gasteiger partial charge on any atom is -0.497 e. The molecule has 0 aliphatic carbocycles. The second-order valence-electron chi connectivity index (χ2n) is 4.84. The summed E-state index contributed by atoms with van der Waals surface area (Å²) in [4.78, 5) is 0. The van der Waals surface area contributed by atoms with Crippen molar-refractivity contribution in [1.82, 2.24) is 0 Å². The number of halogens is 1. The lowest BCUT2D eigenvalue weighted by molar-refractivity contribution is 0.394. The van der Waals surface area contributed by atoms with Crippen LogP contribution in [0.3, 0.4) is 0 Å². The van der Waals surface area contributed by atoms with Crippen molar-refractivity contribution >= 4 is 15.9 Å². The van der Waals surface area contributed by atoms with E-state index in [0.717, 1.165) is 5.41 Å². The van der Waals surface area contributed by atoms with Gasteiger partial charge >= 0.3 is 0 Å². The quantitative estimate of drug-likeness (QED) is 0.811. The van der Waals surface area contributed by atoms with E-state index in [1.807, 2.05) is 0 Å². The van der Waals surface area contributed by atoms with Crippen LogP contribution in [0, 0.1) is 5.82 Å². The van der Waals surface area contributed by atoms with Gasteiger partial charge in [0.2, 0.25) is 0 Å². The highest BCUT2D eigenvalue weighted by molar-refractivity contribution is 7.93. The van der Waals surface area contributed by atoms with Gasteiger partial charge in [0.05, 0.1) is 20.0 Å². The van der Waals surface area contributed by atoms with E-state index in [-0.39, 0.29) is 5.75 Å². The predicted octanol–water partition coefficient (Wildman–Crippen LogP) is 3.43. The minimum atomic E-state index is -3.48. The molecular weight excluding hydrogens is 319 g/mol. The second kappa shape index (κ2) is 7.28. The van der Waals surface area contributed by atoms with Gasteiger partial charge in [-0.3, -0.25) is 0 Å². The van der Waals surface area contributed by atoms with Gasteiger partial charge in [-0.15, -0.1) is 0 Å². The topological polar surface area (TPSA) is 52.6 Å². The Morgan fingerprint density at radius 1 is 1.04 bits per heavy atom. The van der Waals surface area contributed by atoms with Gasteiger partial charge in [-0.25, -0.2) is 12.8 Å². The van der Waals surface area contributed by atoms with E-state index in [1.165, 1.54) is 44.6 Å². The van der Waals surface area contributed by atoms with Crippen molar-refractivity contribution in [1.29, 1.82) is 0 Å². The summed E-state index contributed by atoms with van der Waals surface area (Å²) in [7, 11) is -0.438. The summed E-state index contributed by atoms with van der Waals surface area (Å²) in [5, 5.41) is 1.13. The molecule has 2 rings (SSSR count). The average molecular weight is 336 g/mol. The van der Waals surface area contributed by atoms with Crippen molar-refractivity contribution in [2.24, 2.45) is 0 Å². The average Bonchev–Trinajstić information content (AvgIpc) is 2.54. The molecule has 2 aromatic rings. The second-order valence-corrected chi connectivity index (χ2v) is 6.73. The fraction of sp³-hybridized carbons (Fsp3) is 0.176. The molecule has 0 saturated heterocycles. The van der Waals surface area contributed by atoms with Crippen LogP contribution in [0.25, 0.3) is 6.08 Å². The fourth-order valence-corrected chi connectivity index (χ4v) is 3.10. The molecule has 0 heterocycles. The third-order valence-electron chi connectivity index (χ3n) is 3.18. The Morgan fingerprint density at radius 2 is 1.74 bits per heavy atom. The molecule has 0 fully saturated rings. The molecular formula is C17H17FO4S. The molecule has 0 spiro atoms. The van der Waals surface area contributed by atoms with Crippen LogP contribution in [0.2, 0.25) is 0 Å². The molecule has 0 unspecified atom stereocenters. The molecule has 6 heteroatoms. The van der Waals surface area contributed by atoms with E-state index in [0.29, 0.717) is 22.6 Å². The Kier molecular flexibility index (Phi) is 5.39. The normalized spacial score (nSPS) is 11.6. The third kappa shape index (κ3) is 4.82. The zero-order valence-corrected chi connectivity index (χ0v) is 13.6. The van der Waals surface area contributed by atoms with Gasteiger partial charge in [-0.2, -0.15) is 0 Å². The lowest BCUT2D eigenvalue weighted by atomic mass is 10.2. The predicted molar refractivity (Wildman–Crippen MR) is 87.6 cm³/mol. The summed E-state index contributed by atoms with van der Waals surface area (Å²) < 4.78 is 47.4. The van der Waals surface area contributed by atoms with Gasteiger partial charge in [0.15, 0.2) is 9.84 Å². The van der Waals surface area contributed by atoms with Gasteiger partial charge in [0.1, 0.15) is 17.3 Å². The lowest BCUT2D eigenvalue weighted by Gasteiger charge is -2.07. The number of methoxy groups -OCH3 is 2. The van der Waals surface area contributed by atoms with Crippen molar-refractivity contribution in [3.8, 4) is 11.5 Å². The largest absolute Gasteiger partial charge is 0.497 e. The van der Waals surface area contributed by atoms with E-state index >= 15 is 0 Å². The lowest BCUT2D eigenvalue weighted by Crippen LogP contribution is -2.00. The molecule has 23 heavy (non-hydrogen) atoms. The maximum atomic E-state index is 12.8. The summed E-state index contributed by atoms with van der Waals surface area (Å²) in [6.45, 7) is 0. The van der Waals surface area contributed by atoms with Gasteiger partial charge in [-0.1, -0.05) is 12.1 Å². The van der Waals surface area contributed by atoms with E-state index in [1.54, 1.807) is 18.2 Å². The van der Waals surface area contributed by atoms with Crippen molar-refractivity contribution in [2.75, 3.05) is 14.2 Å². The van der Waals surface area contributed by atoms with Gasteiger partial charge in [-0.05, 0) is 35.9 Å². The maximum absolute atomic E-state index is 12.8. The van der Waals surface area contributed by atoms with Crippen LogP contribution in [0.15, 0.2) is 47.9 Å². The Hall–Kier alpha value is -2.34. The van der Waals surface area contributed by atoms with Crippen LogP contribution in [0.4, 0.5) is 4.39 Å². The Balaban J connectivity index is 2.19. The van der Waals surface area contributed by atoms with Gasteiger partial charge in [0, 0.05) is 17.0 Å². The van der Waals surface area contributed by atoms with Gasteiger partial charge < -0.3 is 9.47 Å². The molecule has 0 radical (unpaired) electrons. The number of rotatable bonds is 6. The molecule has 0 aliphatic heterocycles. The highest BCUT2D eigenvalue weighted by atomic mass is 32.2. The van der Waals surface area contributed by atoms with E-state index < -0.39 is 15.7 Å². The smallest absolute Gasteiger partial charge is 0.175 e. The third-order valence-corrected chi connectivity index (χ3v) is 4.46. The molecule has 0 atom stereocenters. The first-order valence-electron chi connectivity index (χ1n) is 6.81. The summed E-state index contributed by atoms with van der Waals surface area (Å²) in [6, 6.07) is 10.5. The molecule has 0 aromatic heterocycles. The molecule has 0 bridgehead atoms. The van der Waals surface area contributed by atoms with Crippen LogP contribution >= 0.6 is 0 Å². The molecule has 4 nitrogen and oxygen atoms in total. The van der Waals surface area contributed by atoms with Crippen molar-refractivity contribution in [2.45, 2.75) is 5.75 Å². The molecule has 0 saturated carbocycles. The number of ether oxygens (including phenoxy) is 2. The van der Waals surface area contributed by atoms with Crippen LogP contribution in [-0.2, 0) is 15.6 Å². The molecule has 122 valence electrons. The number of benzene rings is 2. The zero-order chi connectivity index (χ0) is 16.9. The zero-order valence-electron chi connectivity index (χ0n) is 12.8. The Morgan fingerprint density at radius 3 is 2.35 bits per heavy atom. The summed E-state index contributed by atoms with van der Waals surface area (Å²) in [5.41, 5.74) is 1.15. The maximum Gasteiger partial charge on any atom is 0.175 e. The van der Waals surface area contributed by atoms with Crippen molar-refractivity contribution in [3.05, 3.63) is 64.8 Å². The molecule has 0 amide bonds. The Bertz CT molecular complexity index is 796.